The maximum Gasteiger partial charge on any atom is 0.122 e. The molecule has 0 amide bonds. The normalized spacial score (nSPS) is 23.2. The summed E-state index contributed by atoms with van der Waals surface area (Å²) in [6.07, 6.45) is 2.41. The van der Waals surface area contributed by atoms with Crippen LogP contribution in [-0.2, 0) is 6.42 Å². The monoisotopic (exact) mass is 411 g/mol. The van der Waals surface area contributed by atoms with Crippen molar-refractivity contribution in [2.24, 2.45) is 11.7 Å². The van der Waals surface area contributed by atoms with Crippen molar-refractivity contribution in [1.29, 1.82) is 5.41 Å². The molecule has 3 nitrogen and oxygen atoms in total. The molecule has 31 heavy (non-hydrogen) atoms. The molecule has 3 N–H and O–H groups in total. The smallest absolute Gasteiger partial charge is 0.122 e. The summed E-state index contributed by atoms with van der Waals surface area (Å²) >= 11 is 0. The van der Waals surface area contributed by atoms with Crippen molar-refractivity contribution in [2.45, 2.75) is 51.5 Å². The Labute approximate surface area is 185 Å². The van der Waals surface area contributed by atoms with Crippen LogP contribution < -0.4 is 5.73 Å². The van der Waals surface area contributed by atoms with Crippen LogP contribution in [0.3, 0.4) is 0 Å². The number of hydrogen-bond donors (Lipinski definition) is 2. The van der Waals surface area contributed by atoms with Gasteiger partial charge in [0.25, 0.3) is 0 Å². The van der Waals surface area contributed by atoms with Crippen molar-refractivity contribution in [3.05, 3.63) is 82.4 Å². The lowest BCUT2D eigenvalue weighted by molar-refractivity contribution is 0.152. The molecule has 0 spiro atoms. The second-order valence-electron chi connectivity index (χ2n) is 9.71. The molecule has 1 aliphatic heterocycles. The Morgan fingerprint density at radius 1 is 1.00 bits per heavy atom. The van der Waals surface area contributed by atoms with Crippen LogP contribution in [0.25, 0.3) is 10.8 Å². The quantitative estimate of drug-likeness (QED) is 0.401. The molecule has 5 rings (SSSR count). The number of nitrogen functional groups attached to an aromatic ring is 1. The third-order valence-electron chi connectivity index (χ3n) is 7.41. The molecule has 0 bridgehead atoms. The lowest BCUT2D eigenvalue weighted by atomic mass is 9.84. The number of likely N-dealkylation sites (N-methyl/N-ethyl adjacent to an activating group) is 1. The lowest BCUT2D eigenvalue weighted by Gasteiger charge is -2.39. The van der Waals surface area contributed by atoms with Crippen LogP contribution in [0.2, 0.25) is 0 Å². The van der Waals surface area contributed by atoms with E-state index in [0.29, 0.717) is 23.8 Å². The van der Waals surface area contributed by atoms with Gasteiger partial charge >= 0.3 is 0 Å². The zero-order valence-electron chi connectivity index (χ0n) is 18.9. The molecule has 3 atom stereocenters. The van der Waals surface area contributed by atoms with E-state index in [-0.39, 0.29) is 5.84 Å². The number of amidine groups is 1. The van der Waals surface area contributed by atoms with Crippen LogP contribution >= 0.6 is 0 Å². The second kappa shape index (κ2) is 7.80. The average molecular weight is 412 g/mol. The van der Waals surface area contributed by atoms with Gasteiger partial charge in [-0.2, -0.15) is 0 Å². The molecule has 1 fully saturated rings. The van der Waals surface area contributed by atoms with Crippen LogP contribution in [0.1, 0.15) is 72.9 Å². The SMILES string of the molecule is CCN1CCc2ccc(C3CC3c3ccc4cc(C(=N)N)ccc4c3)cc2C1C(C)C. The Morgan fingerprint density at radius 3 is 2.39 bits per heavy atom. The minimum atomic E-state index is 0.127. The Hall–Kier alpha value is -2.65. The molecule has 0 radical (unpaired) electrons. The van der Waals surface area contributed by atoms with Gasteiger partial charge in [-0.3, -0.25) is 10.3 Å². The summed E-state index contributed by atoms with van der Waals surface area (Å²) in [6.45, 7) is 9.32. The van der Waals surface area contributed by atoms with Crippen molar-refractivity contribution < 1.29 is 0 Å². The van der Waals surface area contributed by atoms with Crippen molar-refractivity contribution in [1.82, 2.24) is 4.90 Å². The number of fused-ring (bicyclic) bond motifs is 2. The van der Waals surface area contributed by atoms with Crippen LogP contribution in [0.15, 0.2) is 54.6 Å². The highest BCUT2D eigenvalue weighted by Gasteiger charge is 2.40. The van der Waals surface area contributed by atoms with E-state index in [1.54, 1.807) is 11.1 Å². The summed E-state index contributed by atoms with van der Waals surface area (Å²) in [5.41, 5.74) is 12.5. The molecule has 0 saturated heterocycles. The van der Waals surface area contributed by atoms with Gasteiger partial charge in [-0.25, -0.2) is 0 Å². The fraction of sp³-hybridized carbons (Fsp3) is 0.393. The maximum atomic E-state index is 7.66. The minimum Gasteiger partial charge on any atom is -0.384 e. The summed E-state index contributed by atoms with van der Waals surface area (Å²) in [7, 11) is 0. The van der Waals surface area contributed by atoms with Gasteiger partial charge in [0.05, 0.1) is 0 Å². The van der Waals surface area contributed by atoms with E-state index in [4.69, 9.17) is 11.1 Å². The first-order valence-electron chi connectivity index (χ1n) is 11.7. The third kappa shape index (κ3) is 3.65. The zero-order chi connectivity index (χ0) is 21.7. The van der Waals surface area contributed by atoms with E-state index in [1.807, 2.05) is 12.1 Å². The van der Waals surface area contributed by atoms with E-state index in [0.717, 1.165) is 17.5 Å². The van der Waals surface area contributed by atoms with Gasteiger partial charge < -0.3 is 5.73 Å². The van der Waals surface area contributed by atoms with Gasteiger partial charge in [0.1, 0.15) is 5.84 Å². The van der Waals surface area contributed by atoms with Crippen LogP contribution in [0.4, 0.5) is 0 Å². The molecular weight excluding hydrogens is 378 g/mol. The van der Waals surface area contributed by atoms with Crippen molar-refractivity contribution in [2.75, 3.05) is 13.1 Å². The highest BCUT2D eigenvalue weighted by Crippen LogP contribution is 2.55. The van der Waals surface area contributed by atoms with E-state index >= 15 is 0 Å². The molecule has 3 aromatic rings. The summed E-state index contributed by atoms with van der Waals surface area (Å²) in [6, 6.07) is 20.7. The summed E-state index contributed by atoms with van der Waals surface area (Å²) < 4.78 is 0. The topological polar surface area (TPSA) is 53.1 Å². The fourth-order valence-corrected chi connectivity index (χ4v) is 5.68. The predicted molar refractivity (Wildman–Crippen MR) is 130 cm³/mol. The van der Waals surface area contributed by atoms with Gasteiger partial charge in [0.15, 0.2) is 0 Å². The Balaban J connectivity index is 1.42. The highest BCUT2D eigenvalue weighted by atomic mass is 15.2. The molecule has 1 saturated carbocycles. The second-order valence-corrected chi connectivity index (χ2v) is 9.71. The van der Waals surface area contributed by atoms with Gasteiger partial charge in [-0.1, -0.05) is 69.3 Å². The van der Waals surface area contributed by atoms with Crippen LogP contribution in [0, 0.1) is 11.3 Å². The summed E-state index contributed by atoms with van der Waals surface area (Å²) in [5.74, 6) is 1.99. The molecular formula is C28H33N3. The molecule has 1 aliphatic carbocycles. The first-order valence-corrected chi connectivity index (χ1v) is 11.7. The predicted octanol–water partition coefficient (Wildman–Crippen LogP) is 5.97. The molecule has 160 valence electrons. The first-order chi connectivity index (χ1) is 15.0. The largest absolute Gasteiger partial charge is 0.384 e. The number of nitrogens with one attached hydrogen (secondary N) is 1. The maximum absolute atomic E-state index is 7.66. The number of nitrogens with two attached hydrogens (primary N) is 1. The highest BCUT2D eigenvalue weighted by molar-refractivity contribution is 5.99. The Kier molecular flexibility index (Phi) is 5.10. The molecule has 0 aromatic heterocycles. The van der Waals surface area contributed by atoms with E-state index in [2.05, 4.69) is 68.1 Å². The molecule has 3 unspecified atom stereocenters. The van der Waals surface area contributed by atoms with Gasteiger partial charge in [0.2, 0.25) is 0 Å². The first kappa shape index (κ1) is 20.3. The molecule has 1 heterocycles. The lowest BCUT2D eigenvalue weighted by Crippen LogP contribution is -2.38. The number of benzene rings is 3. The fourth-order valence-electron chi connectivity index (χ4n) is 5.68. The van der Waals surface area contributed by atoms with Gasteiger partial charge in [-0.15, -0.1) is 0 Å². The van der Waals surface area contributed by atoms with Crippen molar-refractivity contribution in [3.63, 3.8) is 0 Å². The number of rotatable bonds is 5. The minimum absolute atomic E-state index is 0.127. The van der Waals surface area contributed by atoms with Gasteiger partial charge in [0, 0.05) is 18.2 Å². The number of hydrogen-bond acceptors (Lipinski definition) is 2. The summed E-state index contributed by atoms with van der Waals surface area (Å²) in [4.78, 5) is 2.65. The van der Waals surface area contributed by atoms with Gasteiger partial charge in [-0.05, 0) is 76.2 Å². The molecule has 3 aromatic carbocycles. The van der Waals surface area contributed by atoms with Crippen LogP contribution in [-0.4, -0.2) is 23.8 Å². The Bertz CT molecular complexity index is 1150. The van der Waals surface area contributed by atoms with E-state index < -0.39 is 0 Å². The van der Waals surface area contributed by atoms with E-state index in [9.17, 15) is 0 Å². The van der Waals surface area contributed by atoms with Crippen molar-refractivity contribution >= 4 is 16.6 Å². The average Bonchev–Trinajstić information content (AvgIpc) is 3.57. The molecule has 3 heteroatoms. The summed E-state index contributed by atoms with van der Waals surface area (Å²) in [5, 5.41) is 10.0. The Morgan fingerprint density at radius 2 is 1.68 bits per heavy atom. The van der Waals surface area contributed by atoms with Crippen molar-refractivity contribution in [3.8, 4) is 0 Å². The zero-order valence-corrected chi connectivity index (χ0v) is 18.9. The standard InChI is InChI=1S/C28H33N3/c1-4-31-12-11-18-5-8-22(15-26(18)27(31)17(2)3)25-16-24(25)21-9-6-20-14-23(28(29)30)10-7-19(20)13-21/h5-10,13-15,17,24-25,27H,4,11-12,16H2,1-3H3,(H3,29,30). The van der Waals surface area contributed by atoms with E-state index in [1.165, 1.54) is 35.9 Å². The van der Waals surface area contributed by atoms with Crippen LogP contribution in [0.5, 0.6) is 0 Å². The third-order valence-corrected chi connectivity index (χ3v) is 7.41. The molecule has 2 aliphatic rings. The number of nitrogens with zero attached hydrogens (tertiary/aromatic N) is 1.